The van der Waals surface area contributed by atoms with Gasteiger partial charge in [-0.15, -0.1) is 4.48 Å². The molecule has 0 aromatic heterocycles. The van der Waals surface area contributed by atoms with Crippen LogP contribution in [0.25, 0.3) is 0 Å². The molecule has 1 rings (SSSR count). The number of hydrogen-bond donors (Lipinski definition) is 2. The first-order valence-corrected chi connectivity index (χ1v) is 7.35. The Balaban J connectivity index is 2.57. The molecule has 0 aliphatic carbocycles. The first-order valence-electron chi connectivity index (χ1n) is 7.35. The van der Waals surface area contributed by atoms with Gasteiger partial charge in [0.2, 0.25) is 0 Å². The highest BCUT2D eigenvalue weighted by atomic mass is 19.2. The number of halogens is 1. The third-order valence-corrected chi connectivity index (χ3v) is 3.56. The maximum Gasteiger partial charge on any atom is 0.0462 e. The molecule has 0 bridgehead atoms. The van der Waals surface area contributed by atoms with Gasteiger partial charge in [0, 0.05) is 18.3 Å². The average molecular weight is 266 g/mol. The van der Waals surface area contributed by atoms with Crippen molar-refractivity contribution in [3.63, 3.8) is 0 Å². The van der Waals surface area contributed by atoms with E-state index in [1.807, 2.05) is 0 Å². The summed E-state index contributed by atoms with van der Waals surface area (Å²) < 4.78 is 12.4. The van der Waals surface area contributed by atoms with Crippen LogP contribution >= 0.6 is 0 Å². The number of hydrogen-bond acceptors (Lipinski definition) is 2. The first kappa shape index (κ1) is 16.0. The third kappa shape index (κ3) is 5.60. The van der Waals surface area contributed by atoms with Crippen LogP contribution in [0.4, 0.5) is 10.2 Å². The molecule has 1 unspecified atom stereocenters. The van der Waals surface area contributed by atoms with E-state index in [-0.39, 0.29) is 6.04 Å². The summed E-state index contributed by atoms with van der Waals surface area (Å²) in [6.07, 6.45) is 5.88. The Kier molecular flexibility index (Phi) is 7.49. The van der Waals surface area contributed by atoms with Crippen LogP contribution in [-0.4, -0.2) is 12.6 Å². The summed E-state index contributed by atoms with van der Waals surface area (Å²) >= 11 is 0. The average Bonchev–Trinajstić information content (AvgIpc) is 2.39. The molecule has 1 atom stereocenters. The Labute approximate surface area is 116 Å². The van der Waals surface area contributed by atoms with E-state index < -0.39 is 0 Å². The Morgan fingerprint density at radius 2 is 1.79 bits per heavy atom. The maximum atomic E-state index is 12.4. The molecule has 0 spiro atoms. The topological polar surface area (TPSA) is 24.1 Å². The lowest BCUT2D eigenvalue weighted by atomic mass is 10.0. The number of anilines is 1. The van der Waals surface area contributed by atoms with Crippen molar-refractivity contribution in [1.29, 1.82) is 0 Å². The molecular formula is C16H27FN2. The summed E-state index contributed by atoms with van der Waals surface area (Å²) in [4.78, 5) is 0. The molecule has 2 nitrogen and oxygen atoms in total. The lowest BCUT2D eigenvalue weighted by Crippen LogP contribution is -2.30. The van der Waals surface area contributed by atoms with Gasteiger partial charge in [0.1, 0.15) is 0 Å². The molecule has 0 amide bonds. The van der Waals surface area contributed by atoms with Gasteiger partial charge < -0.3 is 5.32 Å². The van der Waals surface area contributed by atoms with E-state index in [4.69, 9.17) is 0 Å². The zero-order valence-electron chi connectivity index (χ0n) is 12.4. The second kappa shape index (κ2) is 8.92. The highest BCUT2D eigenvalue weighted by molar-refractivity contribution is 5.57. The van der Waals surface area contributed by atoms with E-state index in [9.17, 15) is 4.48 Å². The summed E-state index contributed by atoms with van der Waals surface area (Å²) in [5.74, 6) is 0. The van der Waals surface area contributed by atoms with Crippen LogP contribution in [0.2, 0.25) is 0 Å². The SMILES string of the molecule is CCCCCCC(CNF)Nc1c(C)cccc1C. The van der Waals surface area contributed by atoms with Gasteiger partial charge in [-0.1, -0.05) is 50.8 Å². The van der Waals surface area contributed by atoms with Crippen LogP contribution in [0.5, 0.6) is 0 Å². The highest BCUT2D eigenvalue weighted by Crippen LogP contribution is 2.21. The van der Waals surface area contributed by atoms with Crippen molar-refractivity contribution in [3.8, 4) is 0 Å². The molecule has 2 N–H and O–H groups in total. The summed E-state index contributed by atoms with van der Waals surface area (Å²) in [5, 5.41) is 3.49. The zero-order chi connectivity index (χ0) is 14.1. The van der Waals surface area contributed by atoms with Gasteiger partial charge in [-0.25, -0.2) is 0 Å². The van der Waals surface area contributed by atoms with E-state index >= 15 is 0 Å². The molecule has 1 aromatic carbocycles. The van der Waals surface area contributed by atoms with Crippen molar-refractivity contribution in [2.45, 2.75) is 58.9 Å². The Bertz CT molecular complexity index is 346. The van der Waals surface area contributed by atoms with Crippen molar-refractivity contribution < 1.29 is 4.48 Å². The van der Waals surface area contributed by atoms with Crippen LogP contribution in [0.1, 0.15) is 50.2 Å². The second-order valence-electron chi connectivity index (χ2n) is 5.30. The largest absolute Gasteiger partial charge is 0.381 e. The molecule has 0 aliphatic rings. The molecule has 0 radical (unpaired) electrons. The van der Waals surface area contributed by atoms with Crippen molar-refractivity contribution in [2.75, 3.05) is 11.9 Å². The zero-order valence-corrected chi connectivity index (χ0v) is 12.4. The Morgan fingerprint density at radius 1 is 1.11 bits per heavy atom. The number of unbranched alkanes of at least 4 members (excludes halogenated alkanes) is 3. The normalized spacial score (nSPS) is 12.4. The molecule has 0 fully saturated rings. The Morgan fingerprint density at radius 3 is 2.37 bits per heavy atom. The molecule has 108 valence electrons. The van der Waals surface area contributed by atoms with E-state index in [1.54, 1.807) is 5.54 Å². The minimum atomic E-state index is 0.154. The maximum absolute atomic E-state index is 12.4. The molecule has 19 heavy (non-hydrogen) atoms. The highest BCUT2D eigenvalue weighted by Gasteiger charge is 2.11. The van der Waals surface area contributed by atoms with Crippen LogP contribution in [-0.2, 0) is 0 Å². The van der Waals surface area contributed by atoms with Gasteiger partial charge in [-0.2, -0.15) is 5.54 Å². The van der Waals surface area contributed by atoms with Crippen molar-refractivity contribution in [1.82, 2.24) is 5.54 Å². The predicted molar refractivity (Wildman–Crippen MR) is 81.2 cm³/mol. The smallest absolute Gasteiger partial charge is 0.0462 e. The van der Waals surface area contributed by atoms with Crippen LogP contribution in [0.3, 0.4) is 0 Å². The third-order valence-electron chi connectivity index (χ3n) is 3.56. The summed E-state index contributed by atoms with van der Waals surface area (Å²) in [6, 6.07) is 6.39. The predicted octanol–water partition coefficient (Wildman–Crippen LogP) is 4.53. The monoisotopic (exact) mass is 266 g/mol. The van der Waals surface area contributed by atoms with Crippen LogP contribution in [0, 0.1) is 13.8 Å². The number of rotatable bonds is 9. The minimum absolute atomic E-state index is 0.154. The fourth-order valence-corrected chi connectivity index (χ4v) is 2.38. The quantitative estimate of drug-likeness (QED) is 0.507. The second-order valence-corrected chi connectivity index (χ2v) is 5.30. The lowest BCUT2D eigenvalue weighted by Gasteiger charge is -2.21. The first-order chi connectivity index (χ1) is 9.19. The minimum Gasteiger partial charge on any atom is -0.381 e. The van der Waals surface area contributed by atoms with Crippen LogP contribution < -0.4 is 10.9 Å². The molecule has 0 saturated carbocycles. The molecule has 3 heteroatoms. The van der Waals surface area contributed by atoms with E-state index in [2.05, 4.69) is 44.3 Å². The summed E-state index contributed by atoms with van der Waals surface area (Å²) in [5.41, 5.74) is 5.40. The Hall–Kier alpha value is -1.09. The molecule has 0 saturated heterocycles. The molecular weight excluding hydrogens is 239 g/mol. The number of para-hydroxylation sites is 1. The summed E-state index contributed by atoms with van der Waals surface area (Å²) in [7, 11) is 0. The summed E-state index contributed by atoms with van der Waals surface area (Å²) in [6.45, 7) is 6.74. The van der Waals surface area contributed by atoms with Gasteiger partial charge in [0.25, 0.3) is 0 Å². The van der Waals surface area contributed by atoms with E-state index in [0.29, 0.717) is 6.54 Å². The fourth-order valence-electron chi connectivity index (χ4n) is 2.38. The van der Waals surface area contributed by atoms with Gasteiger partial charge in [0.15, 0.2) is 0 Å². The fraction of sp³-hybridized carbons (Fsp3) is 0.625. The standard InChI is InChI=1S/C16H27FN2/c1-4-5-6-7-11-15(12-18-17)19-16-13(2)9-8-10-14(16)3/h8-10,15,18-19H,4-7,11-12H2,1-3H3. The van der Waals surface area contributed by atoms with Gasteiger partial charge in [-0.05, 0) is 31.4 Å². The number of aryl methyl sites for hydroxylation is 2. The van der Waals surface area contributed by atoms with Crippen molar-refractivity contribution >= 4 is 5.69 Å². The van der Waals surface area contributed by atoms with E-state index in [0.717, 1.165) is 18.5 Å². The molecule has 0 heterocycles. The van der Waals surface area contributed by atoms with Crippen LogP contribution in [0.15, 0.2) is 18.2 Å². The molecule has 1 aromatic rings. The lowest BCUT2D eigenvalue weighted by molar-refractivity contribution is 0.318. The van der Waals surface area contributed by atoms with Crippen molar-refractivity contribution in [2.24, 2.45) is 0 Å². The van der Waals surface area contributed by atoms with Gasteiger partial charge in [0.05, 0.1) is 0 Å². The molecule has 0 aliphatic heterocycles. The van der Waals surface area contributed by atoms with Crippen molar-refractivity contribution in [3.05, 3.63) is 29.3 Å². The van der Waals surface area contributed by atoms with Gasteiger partial charge in [-0.3, -0.25) is 0 Å². The number of nitrogens with one attached hydrogen (secondary N) is 2. The van der Waals surface area contributed by atoms with E-state index in [1.165, 1.54) is 30.4 Å². The number of benzene rings is 1. The van der Waals surface area contributed by atoms with Gasteiger partial charge >= 0.3 is 0 Å².